The van der Waals surface area contributed by atoms with Gasteiger partial charge in [-0.2, -0.15) is 0 Å². The summed E-state index contributed by atoms with van der Waals surface area (Å²) in [6.45, 7) is 1.19. The normalized spacial score (nSPS) is 27.8. The Morgan fingerprint density at radius 3 is 2.50 bits per heavy atom. The monoisotopic (exact) mass is 551 g/mol. The first-order valence-electron chi connectivity index (χ1n) is 13.9. The van der Waals surface area contributed by atoms with E-state index in [0.717, 1.165) is 23.9 Å². The number of aromatic amines is 1. The van der Waals surface area contributed by atoms with Crippen LogP contribution in [0, 0.1) is 5.92 Å². The Balaban J connectivity index is 0.992. The van der Waals surface area contributed by atoms with Crippen LogP contribution in [0.5, 0.6) is 5.75 Å². The van der Waals surface area contributed by atoms with Gasteiger partial charge in [0.1, 0.15) is 5.75 Å². The maximum atomic E-state index is 12.5. The van der Waals surface area contributed by atoms with Gasteiger partial charge in [0.25, 0.3) is 0 Å². The summed E-state index contributed by atoms with van der Waals surface area (Å²) in [6, 6.07) is 12.6. The van der Waals surface area contributed by atoms with Crippen molar-refractivity contribution in [2.45, 2.75) is 75.4 Å². The molecule has 200 valence electrons. The minimum absolute atomic E-state index is 0.0507. The number of rotatable bonds is 6. The first-order chi connectivity index (χ1) is 18.4. The quantitative estimate of drug-likeness (QED) is 0.282. The first kappa shape index (κ1) is 25.8. The Morgan fingerprint density at radius 2 is 1.76 bits per heavy atom. The van der Waals surface area contributed by atoms with Gasteiger partial charge in [-0.25, -0.2) is 0 Å². The van der Waals surface area contributed by atoms with Gasteiger partial charge >= 0.3 is 0 Å². The van der Waals surface area contributed by atoms with E-state index < -0.39 is 0 Å². The number of nitrogens with one attached hydrogen (secondary N) is 2. The van der Waals surface area contributed by atoms with Crippen molar-refractivity contribution >= 4 is 46.1 Å². The van der Waals surface area contributed by atoms with Gasteiger partial charge in [-0.15, -0.1) is 0 Å². The van der Waals surface area contributed by atoms with Gasteiger partial charge in [-0.05, 0) is 111 Å². The smallest absolute Gasteiger partial charge is 0.244 e. The fourth-order valence-corrected chi connectivity index (χ4v) is 7.43. The lowest BCUT2D eigenvalue weighted by Crippen LogP contribution is -2.46. The number of H-pyrrole nitrogens is 1. The molecule has 0 radical (unpaired) electrons. The zero-order valence-corrected chi connectivity index (χ0v) is 23.0. The van der Waals surface area contributed by atoms with E-state index >= 15 is 0 Å². The number of carbonyl (C=O) groups excluding carboxylic acids is 1. The maximum absolute atomic E-state index is 12.5. The van der Waals surface area contributed by atoms with Gasteiger partial charge in [0.05, 0.1) is 10.0 Å². The number of hydrogen-bond donors (Lipinski definition) is 3. The van der Waals surface area contributed by atoms with Gasteiger partial charge < -0.3 is 15.4 Å². The van der Waals surface area contributed by atoms with Crippen LogP contribution in [-0.4, -0.2) is 45.6 Å². The summed E-state index contributed by atoms with van der Waals surface area (Å²) in [7, 11) is 0. The molecular formula is C31H35Cl2N3O2. The van der Waals surface area contributed by atoms with Crippen LogP contribution < -0.4 is 5.32 Å². The summed E-state index contributed by atoms with van der Waals surface area (Å²) in [5.74, 6) is 1.56. The summed E-state index contributed by atoms with van der Waals surface area (Å²) in [5.41, 5.74) is 3.35. The third kappa shape index (κ3) is 5.47. The van der Waals surface area contributed by atoms with E-state index in [1.165, 1.54) is 56.0 Å². The molecule has 5 nitrogen and oxygen atoms in total. The number of aromatic nitrogens is 1. The lowest BCUT2D eigenvalue weighted by Gasteiger charge is -2.42. The highest BCUT2D eigenvalue weighted by molar-refractivity contribution is 6.42. The van der Waals surface area contributed by atoms with Crippen molar-refractivity contribution in [2.24, 2.45) is 5.92 Å². The van der Waals surface area contributed by atoms with E-state index in [1.807, 2.05) is 18.2 Å². The molecule has 2 unspecified atom stereocenters. The van der Waals surface area contributed by atoms with Gasteiger partial charge in [0.2, 0.25) is 5.91 Å². The zero-order chi connectivity index (χ0) is 26.2. The number of aromatic hydroxyl groups is 1. The number of phenolic OH excluding ortho intramolecular Hbond substituents is 1. The molecule has 2 bridgehead atoms. The van der Waals surface area contributed by atoms with Crippen molar-refractivity contribution in [3.8, 4) is 5.75 Å². The fraction of sp³-hybridized carbons (Fsp3) is 0.452. The highest BCUT2D eigenvalue weighted by Gasteiger charge is 2.42. The minimum Gasteiger partial charge on any atom is -0.508 e. The molecule has 6 rings (SSSR count). The molecule has 3 fully saturated rings. The van der Waals surface area contributed by atoms with Crippen LogP contribution in [0.25, 0.3) is 17.0 Å². The molecule has 2 aliphatic heterocycles. The molecular weight excluding hydrogens is 517 g/mol. The Labute approximate surface area is 234 Å². The van der Waals surface area contributed by atoms with Crippen LogP contribution in [0.1, 0.15) is 68.4 Å². The summed E-state index contributed by atoms with van der Waals surface area (Å²) in [6.07, 6.45) is 15.0. The standard InChI is InChI=1S/C31H35Cl2N3O2/c32-28-10-3-19(13-29(28)33)4-12-31(38)35-22-5-1-20(2-6-22)18-36-23-7-8-24(36)15-21(14-23)27-17-34-30-11-9-25(37)16-26(27)30/h3-4,9-13,16-17,20-24,34,37H,1-2,5-8,14-15,18H2,(H,35,38)/b12-4+. The number of benzene rings is 2. The van der Waals surface area contributed by atoms with E-state index in [0.29, 0.717) is 39.7 Å². The molecule has 1 aliphatic carbocycles. The Hall–Kier alpha value is -2.47. The van der Waals surface area contributed by atoms with E-state index in [1.54, 1.807) is 30.4 Å². The van der Waals surface area contributed by atoms with Crippen LogP contribution in [-0.2, 0) is 4.79 Å². The molecule has 3 aliphatic rings. The number of phenols is 1. The zero-order valence-electron chi connectivity index (χ0n) is 21.5. The number of hydrogen-bond acceptors (Lipinski definition) is 3. The number of nitrogens with zero attached hydrogens (tertiary/aromatic N) is 1. The van der Waals surface area contributed by atoms with E-state index in [9.17, 15) is 9.90 Å². The fourth-order valence-electron chi connectivity index (χ4n) is 7.12. The summed E-state index contributed by atoms with van der Waals surface area (Å²) in [4.78, 5) is 18.7. The van der Waals surface area contributed by atoms with Gasteiger partial charge in [-0.1, -0.05) is 29.3 Å². The molecule has 38 heavy (non-hydrogen) atoms. The SMILES string of the molecule is O=C(/C=C/c1ccc(Cl)c(Cl)c1)NC1CCC(CN2C3CCC2CC(c2c[nH]c4ccc(O)cc24)C3)CC1. The minimum atomic E-state index is -0.0507. The number of carbonyl (C=O) groups is 1. The van der Waals surface area contributed by atoms with Crippen molar-refractivity contribution in [3.05, 3.63) is 69.8 Å². The predicted octanol–water partition coefficient (Wildman–Crippen LogP) is 7.28. The molecule has 3 N–H and O–H groups in total. The lowest BCUT2D eigenvalue weighted by atomic mass is 9.82. The second-order valence-electron chi connectivity index (χ2n) is 11.5. The van der Waals surface area contributed by atoms with Gasteiger partial charge in [-0.3, -0.25) is 9.69 Å². The third-order valence-corrected chi connectivity index (χ3v) is 9.79. The van der Waals surface area contributed by atoms with Crippen LogP contribution in [0.2, 0.25) is 10.0 Å². The Morgan fingerprint density at radius 1 is 1.00 bits per heavy atom. The number of piperidine rings is 1. The van der Waals surface area contributed by atoms with Gasteiger partial charge in [0, 0.05) is 47.8 Å². The Kier molecular flexibility index (Phi) is 7.43. The van der Waals surface area contributed by atoms with Gasteiger partial charge in [0.15, 0.2) is 0 Å². The predicted molar refractivity (Wildman–Crippen MR) is 155 cm³/mol. The summed E-state index contributed by atoms with van der Waals surface area (Å²) in [5, 5.41) is 15.4. The molecule has 1 saturated carbocycles. The summed E-state index contributed by atoms with van der Waals surface area (Å²) >= 11 is 12.0. The maximum Gasteiger partial charge on any atom is 0.244 e. The molecule has 1 aromatic heterocycles. The highest BCUT2D eigenvalue weighted by Crippen LogP contribution is 2.45. The van der Waals surface area contributed by atoms with Crippen LogP contribution in [0.15, 0.2) is 48.7 Å². The van der Waals surface area contributed by atoms with Crippen molar-refractivity contribution in [1.29, 1.82) is 0 Å². The molecule has 3 aromatic rings. The van der Waals surface area contributed by atoms with Crippen LogP contribution in [0.3, 0.4) is 0 Å². The van der Waals surface area contributed by atoms with Crippen molar-refractivity contribution in [2.75, 3.05) is 6.54 Å². The first-order valence-corrected chi connectivity index (χ1v) is 14.7. The second-order valence-corrected chi connectivity index (χ2v) is 12.3. The van der Waals surface area contributed by atoms with Crippen LogP contribution in [0.4, 0.5) is 0 Å². The van der Waals surface area contributed by atoms with Crippen molar-refractivity contribution < 1.29 is 9.90 Å². The molecule has 7 heteroatoms. The molecule has 2 aromatic carbocycles. The number of amides is 1. The molecule has 1 amide bonds. The average Bonchev–Trinajstić information content (AvgIpc) is 3.41. The second kappa shape index (κ2) is 11.0. The largest absolute Gasteiger partial charge is 0.508 e. The third-order valence-electron chi connectivity index (χ3n) is 9.05. The van der Waals surface area contributed by atoms with Crippen molar-refractivity contribution in [1.82, 2.24) is 15.2 Å². The molecule has 0 spiro atoms. The lowest BCUT2D eigenvalue weighted by molar-refractivity contribution is -0.117. The molecule has 3 heterocycles. The average molecular weight is 553 g/mol. The van der Waals surface area contributed by atoms with E-state index in [4.69, 9.17) is 23.2 Å². The number of halogens is 2. The Bertz CT molecular complexity index is 1330. The summed E-state index contributed by atoms with van der Waals surface area (Å²) < 4.78 is 0. The van der Waals surface area contributed by atoms with E-state index in [-0.39, 0.29) is 11.9 Å². The van der Waals surface area contributed by atoms with Crippen LogP contribution >= 0.6 is 23.2 Å². The molecule has 2 saturated heterocycles. The topological polar surface area (TPSA) is 68.4 Å². The van der Waals surface area contributed by atoms with E-state index in [2.05, 4.69) is 21.4 Å². The highest BCUT2D eigenvalue weighted by atomic mass is 35.5. The number of fused-ring (bicyclic) bond motifs is 3. The molecule has 2 atom stereocenters. The van der Waals surface area contributed by atoms with Crippen molar-refractivity contribution in [3.63, 3.8) is 0 Å².